The van der Waals surface area contributed by atoms with Crippen molar-refractivity contribution in [3.63, 3.8) is 0 Å². The van der Waals surface area contributed by atoms with Crippen molar-refractivity contribution in [1.82, 2.24) is 0 Å². The van der Waals surface area contributed by atoms with Gasteiger partial charge in [-0.3, -0.25) is 0 Å². The summed E-state index contributed by atoms with van der Waals surface area (Å²) in [6.45, 7) is 2.95. The van der Waals surface area contributed by atoms with Crippen LogP contribution in [0, 0.1) is 0 Å². The monoisotopic (exact) mass is 108 g/mol. The summed E-state index contributed by atoms with van der Waals surface area (Å²) in [5.41, 5.74) is -0.425. The van der Waals surface area contributed by atoms with Gasteiger partial charge in [0.2, 0.25) is 0 Å². The molecule has 0 aromatic heterocycles. The van der Waals surface area contributed by atoms with Crippen LogP contribution in [0.2, 0.25) is 6.82 Å². The van der Waals surface area contributed by atoms with E-state index in [2.05, 4.69) is 0 Å². The van der Waals surface area contributed by atoms with E-state index in [4.69, 9.17) is 0 Å². The van der Waals surface area contributed by atoms with Gasteiger partial charge < -0.3 is 9.59 Å². The number of carbonyl (C=O) groups excluding carboxylic acids is 2. The maximum absolute atomic E-state index is 10.3. The Hall–Kier alpha value is -0.530. The molecule has 0 rings (SSSR count). The zero-order valence-corrected chi connectivity index (χ0v) is 4.97. The van der Waals surface area contributed by atoms with Gasteiger partial charge in [-0.2, -0.15) is 0 Å². The predicted octanol–water partition coefficient (Wildman–Crippen LogP) is 0.109. The van der Waals surface area contributed by atoms with Crippen LogP contribution in [0.25, 0.3) is 0 Å². The Labute approximate surface area is 50.1 Å². The molecule has 0 atom stereocenters. The maximum atomic E-state index is 10.3. The topological polar surface area (TPSA) is 34.1 Å². The third-order valence-corrected chi connectivity index (χ3v) is 0.630. The Morgan fingerprint density at radius 3 is 2.00 bits per heavy atom. The fourth-order valence-electron chi connectivity index (χ4n) is 0.284. The Balaban J connectivity index is 3.40. The summed E-state index contributed by atoms with van der Waals surface area (Å²) in [5, 5.41) is 0. The normalized spacial score (nSPS) is 7.75. The Morgan fingerprint density at radius 1 is 1.38 bits per heavy atom. The zero-order chi connectivity index (χ0) is 6.57. The minimum absolute atomic E-state index is 0.201. The standard InChI is InChI=1S/C4H6B2O2/c1-3(7)6-4(8)5-2/h1-2H3. The van der Waals surface area contributed by atoms with E-state index < -0.39 is 0 Å². The molecule has 0 saturated carbocycles. The minimum Gasteiger partial charge on any atom is -0.323 e. The van der Waals surface area contributed by atoms with Crippen molar-refractivity contribution in [3.8, 4) is 0 Å². The molecular formula is C4H6B2O2. The maximum Gasteiger partial charge on any atom is 0.275 e. The largest absolute Gasteiger partial charge is 0.323 e. The lowest BCUT2D eigenvalue weighted by Gasteiger charge is -1.83. The number of hydrogen-bond acceptors (Lipinski definition) is 2. The van der Waals surface area contributed by atoms with Crippen LogP contribution in [-0.2, 0) is 4.79 Å². The van der Waals surface area contributed by atoms with E-state index in [9.17, 15) is 9.59 Å². The Kier molecular flexibility index (Phi) is 3.24. The van der Waals surface area contributed by atoms with Crippen LogP contribution in [-0.4, -0.2) is 25.8 Å². The third-order valence-electron chi connectivity index (χ3n) is 0.630. The summed E-state index contributed by atoms with van der Waals surface area (Å²) < 4.78 is 0. The van der Waals surface area contributed by atoms with Gasteiger partial charge in [0.15, 0.2) is 7.28 Å². The van der Waals surface area contributed by atoms with E-state index in [1.807, 2.05) is 0 Å². The molecular weight excluding hydrogens is 102 g/mol. The van der Waals surface area contributed by atoms with Gasteiger partial charge in [-0.25, -0.2) is 0 Å². The van der Waals surface area contributed by atoms with Crippen molar-refractivity contribution in [1.29, 1.82) is 0 Å². The van der Waals surface area contributed by atoms with Crippen LogP contribution in [0.4, 0.5) is 4.79 Å². The molecule has 0 amide bonds. The minimum atomic E-state index is -0.225. The van der Waals surface area contributed by atoms with Crippen LogP contribution in [0.1, 0.15) is 6.92 Å². The van der Waals surface area contributed by atoms with E-state index in [1.165, 1.54) is 14.2 Å². The molecule has 0 aliphatic heterocycles. The first kappa shape index (κ1) is 7.47. The fraction of sp³-hybridized carbons (Fsp3) is 0.500. The summed E-state index contributed by atoms with van der Waals surface area (Å²) >= 11 is 0. The summed E-state index contributed by atoms with van der Waals surface area (Å²) in [6, 6.07) is 0. The predicted molar refractivity (Wildman–Crippen MR) is 33.4 cm³/mol. The fourth-order valence-corrected chi connectivity index (χ4v) is 0.284. The molecule has 8 heavy (non-hydrogen) atoms. The van der Waals surface area contributed by atoms with Gasteiger partial charge in [-0.15, -0.1) is 0 Å². The van der Waals surface area contributed by atoms with Gasteiger partial charge in [0.05, 0.1) is 11.3 Å². The van der Waals surface area contributed by atoms with Gasteiger partial charge >= 0.3 is 0 Å². The van der Waals surface area contributed by atoms with Crippen molar-refractivity contribution in [2.75, 3.05) is 0 Å². The zero-order valence-electron chi connectivity index (χ0n) is 4.97. The van der Waals surface area contributed by atoms with Gasteiger partial charge in [0.25, 0.3) is 7.28 Å². The second kappa shape index (κ2) is 3.47. The van der Waals surface area contributed by atoms with Crippen LogP contribution >= 0.6 is 0 Å². The first-order valence-corrected chi connectivity index (χ1v) is 2.35. The van der Waals surface area contributed by atoms with Crippen molar-refractivity contribution in [2.24, 2.45) is 0 Å². The van der Waals surface area contributed by atoms with Crippen LogP contribution in [0.15, 0.2) is 0 Å². The number of carbonyl (C=O) groups is 2. The van der Waals surface area contributed by atoms with Gasteiger partial charge in [-0.05, 0) is 6.92 Å². The molecule has 0 bridgehead atoms. The van der Waals surface area contributed by atoms with E-state index in [-0.39, 0.29) is 11.3 Å². The molecule has 0 spiro atoms. The molecule has 2 nitrogen and oxygen atoms in total. The van der Waals surface area contributed by atoms with Crippen molar-refractivity contribution in [2.45, 2.75) is 13.7 Å². The summed E-state index contributed by atoms with van der Waals surface area (Å²) in [7, 11) is 2.40. The molecule has 2 radical (unpaired) electrons. The van der Waals surface area contributed by atoms with Crippen LogP contribution < -0.4 is 0 Å². The van der Waals surface area contributed by atoms with E-state index >= 15 is 0 Å². The first-order chi connectivity index (χ1) is 3.66. The molecule has 0 N–H and O–H groups in total. The molecule has 0 aliphatic rings. The molecule has 0 aliphatic carbocycles. The Bertz CT molecular complexity index is 111. The highest BCUT2D eigenvalue weighted by molar-refractivity contribution is 7.14. The van der Waals surface area contributed by atoms with Crippen molar-refractivity contribution in [3.05, 3.63) is 0 Å². The molecule has 4 heteroatoms. The van der Waals surface area contributed by atoms with Crippen molar-refractivity contribution < 1.29 is 9.59 Å². The highest BCUT2D eigenvalue weighted by Gasteiger charge is 2.04. The molecule has 40 valence electrons. The van der Waals surface area contributed by atoms with Crippen LogP contribution in [0.3, 0.4) is 0 Å². The summed E-state index contributed by atoms with van der Waals surface area (Å²) in [5.74, 6) is 0. The molecule has 0 aromatic carbocycles. The highest BCUT2D eigenvalue weighted by atomic mass is 16.1. The highest BCUT2D eigenvalue weighted by Crippen LogP contribution is 1.71. The SMILES string of the molecule is C[B]C(=O)[B]C(C)=O. The number of hydrogen-bond donors (Lipinski definition) is 0. The summed E-state index contributed by atoms with van der Waals surface area (Å²) in [4.78, 5) is 20.4. The lowest BCUT2D eigenvalue weighted by molar-refractivity contribution is -0.110. The molecule has 0 unspecified atom stereocenters. The molecule has 0 aromatic rings. The van der Waals surface area contributed by atoms with Gasteiger partial charge in [0, 0.05) is 0 Å². The lowest BCUT2D eigenvalue weighted by atomic mass is 9.53. The van der Waals surface area contributed by atoms with Gasteiger partial charge in [-0.1, -0.05) is 6.82 Å². The second-order valence-corrected chi connectivity index (χ2v) is 1.45. The molecule has 0 fully saturated rings. The average Bonchev–Trinajstić information content (AvgIpc) is 1.65. The van der Waals surface area contributed by atoms with Crippen molar-refractivity contribution >= 4 is 25.8 Å². The second-order valence-electron chi connectivity index (χ2n) is 1.45. The summed E-state index contributed by atoms with van der Waals surface area (Å²) in [6.07, 6.45) is 0. The Morgan fingerprint density at radius 2 is 1.88 bits per heavy atom. The van der Waals surface area contributed by atoms with E-state index in [0.29, 0.717) is 0 Å². The van der Waals surface area contributed by atoms with E-state index in [1.54, 1.807) is 6.82 Å². The lowest BCUT2D eigenvalue weighted by Crippen LogP contribution is -2.19. The number of rotatable bonds is 3. The molecule has 0 saturated heterocycles. The average molecular weight is 108 g/mol. The third kappa shape index (κ3) is 3.65. The first-order valence-electron chi connectivity index (χ1n) is 2.35. The van der Waals surface area contributed by atoms with Crippen LogP contribution in [0.5, 0.6) is 0 Å². The smallest absolute Gasteiger partial charge is 0.275 e. The van der Waals surface area contributed by atoms with Gasteiger partial charge in [0.1, 0.15) is 0 Å². The van der Waals surface area contributed by atoms with E-state index in [0.717, 1.165) is 7.28 Å². The molecule has 0 heterocycles. The quantitative estimate of drug-likeness (QED) is 0.480.